The molecule has 1 fully saturated rings. The molecule has 0 saturated carbocycles. The van der Waals surface area contributed by atoms with Crippen LogP contribution in [0.25, 0.3) is 0 Å². The van der Waals surface area contributed by atoms with Crippen molar-refractivity contribution in [3.63, 3.8) is 0 Å². The van der Waals surface area contributed by atoms with Crippen LogP contribution >= 0.6 is 23.8 Å². The number of aromatic hydroxyl groups is 1. The van der Waals surface area contributed by atoms with Gasteiger partial charge in [-0.15, -0.1) is 0 Å². The number of nitrogens with one attached hydrogen (secondary N) is 1. The van der Waals surface area contributed by atoms with Crippen LogP contribution in [0.4, 0.5) is 11.4 Å². The summed E-state index contributed by atoms with van der Waals surface area (Å²) in [5, 5.41) is 14.3. The van der Waals surface area contributed by atoms with Crippen LogP contribution in [-0.2, 0) is 0 Å². The van der Waals surface area contributed by atoms with E-state index < -0.39 is 0 Å². The minimum atomic E-state index is 0.295. The van der Waals surface area contributed by atoms with E-state index in [2.05, 4.69) is 15.1 Å². The number of nitrogens with zero attached hydrogens (tertiary/aromatic N) is 2. The van der Waals surface area contributed by atoms with E-state index in [-0.39, 0.29) is 0 Å². The zero-order valence-electron chi connectivity index (χ0n) is 13.5. The third-order valence-corrected chi connectivity index (χ3v) is 4.95. The van der Waals surface area contributed by atoms with Gasteiger partial charge in [-0.2, -0.15) is 0 Å². The van der Waals surface area contributed by atoms with Crippen molar-refractivity contribution in [1.82, 2.24) is 4.90 Å². The molecular weight excluding hydrogens is 342 g/mol. The first-order valence-electron chi connectivity index (χ1n) is 7.89. The molecule has 24 heavy (non-hydrogen) atoms. The lowest BCUT2D eigenvalue weighted by Crippen LogP contribution is -2.50. The van der Waals surface area contributed by atoms with E-state index in [9.17, 15) is 5.11 Å². The van der Waals surface area contributed by atoms with Crippen molar-refractivity contribution < 1.29 is 5.11 Å². The second kappa shape index (κ2) is 7.28. The van der Waals surface area contributed by atoms with Crippen LogP contribution in [0, 0.1) is 6.92 Å². The maximum atomic E-state index is 9.61. The molecule has 0 unspecified atom stereocenters. The van der Waals surface area contributed by atoms with Gasteiger partial charge in [0.05, 0.1) is 0 Å². The molecule has 0 spiro atoms. The van der Waals surface area contributed by atoms with Gasteiger partial charge >= 0.3 is 0 Å². The van der Waals surface area contributed by atoms with Crippen LogP contribution in [0.5, 0.6) is 5.75 Å². The van der Waals surface area contributed by atoms with Gasteiger partial charge < -0.3 is 20.2 Å². The van der Waals surface area contributed by atoms with Crippen LogP contribution in [0.1, 0.15) is 5.56 Å². The lowest BCUT2D eigenvalue weighted by molar-refractivity contribution is 0.390. The van der Waals surface area contributed by atoms with E-state index in [1.54, 1.807) is 12.1 Å². The Morgan fingerprint density at radius 2 is 1.88 bits per heavy atom. The SMILES string of the molecule is Cc1ccc(NC(=S)N2CCN(c3cccc(O)c3)CC2)cc1Cl. The van der Waals surface area contributed by atoms with Crippen molar-refractivity contribution in [2.45, 2.75) is 6.92 Å². The van der Waals surface area contributed by atoms with Gasteiger partial charge in [-0.1, -0.05) is 23.7 Å². The number of aryl methyl sites for hydroxylation is 1. The van der Waals surface area contributed by atoms with E-state index in [1.165, 1.54) is 0 Å². The molecule has 1 aliphatic heterocycles. The second-order valence-electron chi connectivity index (χ2n) is 5.89. The summed E-state index contributed by atoms with van der Waals surface area (Å²) in [6.07, 6.45) is 0. The molecule has 6 heteroatoms. The number of hydrogen-bond acceptors (Lipinski definition) is 3. The fourth-order valence-corrected chi connectivity index (χ4v) is 3.21. The Balaban J connectivity index is 1.58. The first-order valence-corrected chi connectivity index (χ1v) is 8.67. The number of piperazine rings is 1. The predicted molar refractivity (Wildman–Crippen MR) is 104 cm³/mol. The maximum Gasteiger partial charge on any atom is 0.173 e. The molecule has 2 aromatic carbocycles. The molecule has 126 valence electrons. The topological polar surface area (TPSA) is 38.7 Å². The Labute approximate surface area is 152 Å². The molecule has 2 aromatic rings. The van der Waals surface area contributed by atoms with Crippen molar-refractivity contribution in [2.24, 2.45) is 0 Å². The van der Waals surface area contributed by atoms with Gasteiger partial charge in [0, 0.05) is 48.6 Å². The van der Waals surface area contributed by atoms with Crippen LogP contribution in [0.3, 0.4) is 0 Å². The van der Waals surface area contributed by atoms with E-state index in [4.69, 9.17) is 23.8 Å². The predicted octanol–water partition coefficient (Wildman–Crippen LogP) is 3.87. The number of benzene rings is 2. The largest absolute Gasteiger partial charge is 0.508 e. The lowest BCUT2D eigenvalue weighted by Gasteiger charge is -2.37. The fourth-order valence-electron chi connectivity index (χ4n) is 2.73. The van der Waals surface area contributed by atoms with Crippen LogP contribution in [0.15, 0.2) is 42.5 Å². The molecule has 0 radical (unpaired) electrons. The highest BCUT2D eigenvalue weighted by Crippen LogP contribution is 2.22. The minimum Gasteiger partial charge on any atom is -0.508 e. The Bertz CT molecular complexity index is 745. The van der Waals surface area contributed by atoms with E-state index in [1.807, 2.05) is 37.3 Å². The molecular formula is C18H20ClN3OS. The summed E-state index contributed by atoms with van der Waals surface area (Å²) >= 11 is 11.7. The highest BCUT2D eigenvalue weighted by molar-refractivity contribution is 7.80. The number of phenols is 1. The number of thiocarbonyl (C=S) groups is 1. The maximum absolute atomic E-state index is 9.61. The third-order valence-electron chi connectivity index (χ3n) is 4.18. The van der Waals surface area contributed by atoms with Crippen LogP contribution < -0.4 is 10.2 Å². The molecule has 0 aromatic heterocycles. The van der Waals surface area contributed by atoms with Crippen molar-refractivity contribution in [2.75, 3.05) is 36.4 Å². The molecule has 1 aliphatic rings. The van der Waals surface area contributed by atoms with Gasteiger partial charge in [0.25, 0.3) is 0 Å². The number of anilines is 2. The average molecular weight is 362 g/mol. The quantitative estimate of drug-likeness (QED) is 0.794. The summed E-state index contributed by atoms with van der Waals surface area (Å²) in [5.41, 5.74) is 3.00. The second-order valence-corrected chi connectivity index (χ2v) is 6.68. The van der Waals surface area contributed by atoms with E-state index >= 15 is 0 Å². The Kier molecular flexibility index (Phi) is 5.11. The zero-order valence-corrected chi connectivity index (χ0v) is 15.1. The summed E-state index contributed by atoms with van der Waals surface area (Å²) in [7, 11) is 0. The lowest BCUT2D eigenvalue weighted by atomic mass is 10.2. The molecule has 0 bridgehead atoms. The highest BCUT2D eigenvalue weighted by atomic mass is 35.5. The Morgan fingerprint density at radius 1 is 1.12 bits per heavy atom. The monoisotopic (exact) mass is 361 g/mol. The minimum absolute atomic E-state index is 0.295. The van der Waals surface area contributed by atoms with Gasteiger partial charge in [0.1, 0.15) is 5.75 Å². The van der Waals surface area contributed by atoms with Gasteiger partial charge in [-0.05, 0) is 49.0 Å². The normalized spacial score (nSPS) is 14.6. The zero-order chi connectivity index (χ0) is 17.1. The van der Waals surface area contributed by atoms with Crippen molar-refractivity contribution >= 4 is 40.3 Å². The average Bonchev–Trinajstić information content (AvgIpc) is 2.58. The summed E-state index contributed by atoms with van der Waals surface area (Å²) in [6, 6.07) is 13.2. The molecule has 0 amide bonds. The van der Waals surface area contributed by atoms with Crippen LogP contribution in [0.2, 0.25) is 5.02 Å². The first-order chi connectivity index (χ1) is 11.5. The van der Waals surface area contributed by atoms with Gasteiger partial charge in [0.2, 0.25) is 0 Å². The van der Waals surface area contributed by atoms with E-state index in [0.717, 1.165) is 48.1 Å². The Morgan fingerprint density at radius 3 is 2.54 bits per heavy atom. The standard InChI is InChI=1S/C18H20ClN3OS/c1-13-5-6-14(11-17(13)19)20-18(24)22-9-7-21(8-10-22)15-3-2-4-16(23)12-15/h2-6,11-12,23H,7-10H2,1H3,(H,20,24). The number of hydrogen-bond donors (Lipinski definition) is 2. The number of phenolic OH excluding ortho intramolecular Hbond substituents is 1. The van der Waals surface area contributed by atoms with Crippen molar-refractivity contribution in [3.8, 4) is 5.75 Å². The molecule has 0 aliphatic carbocycles. The van der Waals surface area contributed by atoms with Gasteiger partial charge in [-0.25, -0.2) is 0 Å². The molecule has 1 heterocycles. The molecule has 1 saturated heterocycles. The molecule has 4 nitrogen and oxygen atoms in total. The first kappa shape index (κ1) is 16.9. The van der Waals surface area contributed by atoms with Crippen molar-refractivity contribution in [1.29, 1.82) is 0 Å². The number of halogens is 1. The summed E-state index contributed by atoms with van der Waals surface area (Å²) in [6.45, 7) is 5.37. The molecule has 0 atom stereocenters. The number of rotatable bonds is 2. The van der Waals surface area contributed by atoms with Gasteiger partial charge in [0.15, 0.2) is 5.11 Å². The van der Waals surface area contributed by atoms with Gasteiger partial charge in [-0.3, -0.25) is 0 Å². The smallest absolute Gasteiger partial charge is 0.173 e. The van der Waals surface area contributed by atoms with Crippen molar-refractivity contribution in [3.05, 3.63) is 53.1 Å². The Hall–Kier alpha value is -1.98. The third kappa shape index (κ3) is 3.91. The molecule has 3 rings (SSSR count). The fraction of sp³-hybridized carbons (Fsp3) is 0.278. The highest BCUT2D eigenvalue weighted by Gasteiger charge is 2.19. The summed E-state index contributed by atoms with van der Waals surface area (Å²) in [5.74, 6) is 0.295. The van der Waals surface area contributed by atoms with E-state index in [0.29, 0.717) is 10.9 Å². The summed E-state index contributed by atoms with van der Waals surface area (Å²) in [4.78, 5) is 4.41. The summed E-state index contributed by atoms with van der Waals surface area (Å²) < 4.78 is 0. The van der Waals surface area contributed by atoms with Crippen LogP contribution in [-0.4, -0.2) is 41.3 Å². The molecule has 2 N–H and O–H groups in total.